The number of carbonyl (C=O) groups excluding carboxylic acids is 1. The van der Waals surface area contributed by atoms with Gasteiger partial charge in [-0.25, -0.2) is 4.98 Å². The monoisotopic (exact) mass is 398 g/mol. The Balaban J connectivity index is 1.70. The molecule has 4 nitrogen and oxygen atoms in total. The second-order valence-electron chi connectivity index (χ2n) is 6.67. The predicted molar refractivity (Wildman–Crippen MR) is 116 cm³/mol. The van der Waals surface area contributed by atoms with Gasteiger partial charge in [0.25, 0.3) is 0 Å². The molecular weight excluding hydrogens is 384 g/mol. The molecule has 5 rings (SSSR count). The zero-order valence-electron chi connectivity index (χ0n) is 15.2. The second kappa shape index (κ2) is 7.08. The smallest absolute Gasteiger partial charge is 0.221 e. The van der Waals surface area contributed by atoms with Crippen molar-refractivity contribution in [2.24, 2.45) is 0 Å². The molecule has 0 aliphatic rings. The van der Waals surface area contributed by atoms with Gasteiger partial charge in [0, 0.05) is 26.9 Å². The third-order valence-corrected chi connectivity index (χ3v) is 5.02. The summed E-state index contributed by atoms with van der Waals surface area (Å²) in [5.74, 6) is 0.0876. The van der Waals surface area contributed by atoms with E-state index in [2.05, 4.69) is 11.1 Å². The first kappa shape index (κ1) is 17.5. The summed E-state index contributed by atoms with van der Waals surface area (Å²) in [6.45, 7) is 0. The zero-order valence-corrected chi connectivity index (χ0v) is 16.0. The van der Waals surface area contributed by atoms with Gasteiger partial charge in [-0.2, -0.15) is 0 Å². The Hall–Kier alpha value is -3.63. The van der Waals surface area contributed by atoms with E-state index >= 15 is 0 Å². The number of aromatic nitrogens is 2. The molecule has 0 spiro atoms. The summed E-state index contributed by atoms with van der Waals surface area (Å²) < 4.78 is 5.16. The Morgan fingerprint density at radius 2 is 1.90 bits per heavy atom. The van der Waals surface area contributed by atoms with Crippen LogP contribution in [0.2, 0.25) is 5.02 Å². The van der Waals surface area contributed by atoms with Crippen LogP contribution in [0.4, 0.5) is 0 Å². The molecule has 5 heteroatoms. The molecule has 5 aromatic rings. The first-order chi connectivity index (χ1) is 14.2. The van der Waals surface area contributed by atoms with Crippen LogP contribution in [0.1, 0.15) is 16.2 Å². The van der Waals surface area contributed by atoms with E-state index in [1.807, 2.05) is 48.5 Å². The van der Waals surface area contributed by atoms with Crippen LogP contribution in [-0.4, -0.2) is 15.8 Å². The average Bonchev–Trinajstić information content (AvgIpc) is 3.40. The average molecular weight is 399 g/mol. The van der Waals surface area contributed by atoms with Crippen molar-refractivity contribution in [2.45, 2.75) is 0 Å². The third-order valence-electron chi connectivity index (χ3n) is 4.78. The summed E-state index contributed by atoms with van der Waals surface area (Å²) in [6, 6.07) is 21.0. The van der Waals surface area contributed by atoms with Gasteiger partial charge in [0.15, 0.2) is 5.76 Å². The standard InChI is InChI=1S/C24H15ClN2O2/c25-16-6-3-5-15(13-16)23-24-19(18-7-1-2-8-20(18)27-24)14-17(26-23)10-11-21(28)22-9-4-12-29-22/h1-14,27H/b11-10+. The van der Waals surface area contributed by atoms with Gasteiger partial charge in [0.2, 0.25) is 5.78 Å². The number of carbonyl (C=O) groups is 1. The van der Waals surface area contributed by atoms with Crippen molar-refractivity contribution in [3.05, 3.63) is 95.5 Å². The lowest BCUT2D eigenvalue weighted by Crippen LogP contribution is -1.93. The number of ketones is 1. The van der Waals surface area contributed by atoms with Crippen molar-refractivity contribution in [3.8, 4) is 11.3 Å². The molecule has 0 fully saturated rings. The highest BCUT2D eigenvalue weighted by Gasteiger charge is 2.13. The summed E-state index contributed by atoms with van der Waals surface area (Å²) >= 11 is 6.22. The number of rotatable bonds is 4. The molecular formula is C24H15ClN2O2. The SMILES string of the molecule is O=C(/C=C/c1cc2c([nH]c3ccccc32)c(-c2cccc(Cl)c2)n1)c1ccco1. The van der Waals surface area contributed by atoms with Crippen LogP contribution in [0, 0.1) is 0 Å². The maximum atomic E-state index is 12.3. The molecule has 0 amide bonds. The van der Waals surface area contributed by atoms with Crippen LogP contribution >= 0.6 is 11.6 Å². The van der Waals surface area contributed by atoms with Gasteiger partial charge in [-0.15, -0.1) is 0 Å². The quantitative estimate of drug-likeness (QED) is 0.276. The molecule has 3 heterocycles. The summed E-state index contributed by atoms with van der Waals surface area (Å²) in [7, 11) is 0. The Bertz CT molecular complexity index is 1380. The third kappa shape index (κ3) is 3.24. The van der Waals surface area contributed by atoms with Gasteiger partial charge < -0.3 is 9.40 Å². The zero-order chi connectivity index (χ0) is 19.8. The van der Waals surface area contributed by atoms with Gasteiger partial charge in [-0.05, 0) is 48.6 Å². The van der Waals surface area contributed by atoms with E-state index in [4.69, 9.17) is 21.0 Å². The highest BCUT2D eigenvalue weighted by molar-refractivity contribution is 6.31. The lowest BCUT2D eigenvalue weighted by molar-refractivity contribution is 0.102. The number of fused-ring (bicyclic) bond motifs is 3. The fourth-order valence-electron chi connectivity index (χ4n) is 3.46. The molecule has 0 atom stereocenters. The maximum Gasteiger partial charge on any atom is 0.221 e. The van der Waals surface area contributed by atoms with Gasteiger partial charge in [-0.1, -0.05) is 41.9 Å². The number of H-pyrrole nitrogens is 1. The molecule has 1 N–H and O–H groups in total. The van der Waals surface area contributed by atoms with Crippen LogP contribution in [0.15, 0.2) is 83.5 Å². The molecule has 0 unspecified atom stereocenters. The van der Waals surface area contributed by atoms with Crippen LogP contribution in [0.3, 0.4) is 0 Å². The van der Waals surface area contributed by atoms with Gasteiger partial charge in [0.1, 0.15) is 0 Å². The Morgan fingerprint density at radius 3 is 2.72 bits per heavy atom. The van der Waals surface area contributed by atoms with E-state index in [9.17, 15) is 4.79 Å². The van der Waals surface area contributed by atoms with Crippen LogP contribution in [-0.2, 0) is 0 Å². The molecule has 29 heavy (non-hydrogen) atoms. The number of pyridine rings is 1. The molecule has 0 saturated carbocycles. The van der Waals surface area contributed by atoms with E-state index in [0.717, 1.165) is 33.1 Å². The number of nitrogens with one attached hydrogen (secondary N) is 1. The van der Waals surface area contributed by atoms with E-state index in [1.54, 1.807) is 18.2 Å². The summed E-state index contributed by atoms with van der Waals surface area (Å²) in [6.07, 6.45) is 4.66. The normalized spacial score (nSPS) is 11.6. The Kier molecular flexibility index (Phi) is 4.26. The molecule has 0 radical (unpaired) electrons. The molecule has 140 valence electrons. The van der Waals surface area contributed by atoms with Crippen molar-refractivity contribution in [1.29, 1.82) is 0 Å². The number of nitrogens with zero attached hydrogens (tertiary/aromatic N) is 1. The fraction of sp³-hybridized carbons (Fsp3) is 0. The first-order valence-electron chi connectivity index (χ1n) is 9.12. The highest BCUT2D eigenvalue weighted by Crippen LogP contribution is 2.33. The number of para-hydroxylation sites is 1. The molecule has 0 aliphatic carbocycles. The number of halogens is 1. The first-order valence-corrected chi connectivity index (χ1v) is 9.50. The Labute approximate surface area is 171 Å². The minimum Gasteiger partial charge on any atom is -0.461 e. The largest absolute Gasteiger partial charge is 0.461 e. The topological polar surface area (TPSA) is 58.9 Å². The van der Waals surface area contributed by atoms with E-state index in [1.165, 1.54) is 12.3 Å². The van der Waals surface area contributed by atoms with Crippen molar-refractivity contribution >= 4 is 45.3 Å². The number of furan rings is 1. The van der Waals surface area contributed by atoms with Crippen LogP contribution in [0.25, 0.3) is 39.1 Å². The Morgan fingerprint density at radius 1 is 1.00 bits per heavy atom. The van der Waals surface area contributed by atoms with E-state index < -0.39 is 0 Å². The summed E-state index contributed by atoms with van der Waals surface area (Å²) in [5, 5.41) is 2.78. The van der Waals surface area contributed by atoms with Crippen molar-refractivity contribution in [1.82, 2.24) is 9.97 Å². The van der Waals surface area contributed by atoms with Gasteiger partial charge >= 0.3 is 0 Å². The van der Waals surface area contributed by atoms with Gasteiger partial charge in [-0.3, -0.25) is 4.79 Å². The van der Waals surface area contributed by atoms with Crippen molar-refractivity contribution in [3.63, 3.8) is 0 Å². The minimum absolute atomic E-state index is 0.208. The van der Waals surface area contributed by atoms with Crippen LogP contribution in [0.5, 0.6) is 0 Å². The van der Waals surface area contributed by atoms with Crippen molar-refractivity contribution < 1.29 is 9.21 Å². The second-order valence-corrected chi connectivity index (χ2v) is 7.11. The molecule has 0 aliphatic heterocycles. The summed E-state index contributed by atoms with van der Waals surface area (Å²) in [5.41, 5.74) is 4.33. The summed E-state index contributed by atoms with van der Waals surface area (Å²) in [4.78, 5) is 20.5. The number of hydrogen-bond acceptors (Lipinski definition) is 3. The van der Waals surface area contributed by atoms with E-state index in [-0.39, 0.29) is 5.78 Å². The molecule has 0 saturated heterocycles. The predicted octanol–water partition coefficient (Wildman–Crippen LogP) is 6.53. The number of allylic oxidation sites excluding steroid dienone is 1. The lowest BCUT2D eigenvalue weighted by Gasteiger charge is -2.06. The van der Waals surface area contributed by atoms with E-state index in [0.29, 0.717) is 16.5 Å². The van der Waals surface area contributed by atoms with Crippen molar-refractivity contribution in [2.75, 3.05) is 0 Å². The molecule has 2 aromatic carbocycles. The number of hydrogen-bond donors (Lipinski definition) is 1. The fourth-order valence-corrected chi connectivity index (χ4v) is 3.65. The number of benzene rings is 2. The van der Waals surface area contributed by atoms with Gasteiger partial charge in [0.05, 0.1) is 23.2 Å². The van der Waals surface area contributed by atoms with Crippen LogP contribution < -0.4 is 0 Å². The molecule has 3 aromatic heterocycles. The highest BCUT2D eigenvalue weighted by atomic mass is 35.5. The minimum atomic E-state index is -0.208. The lowest BCUT2D eigenvalue weighted by atomic mass is 10.1. The number of aromatic amines is 1. The molecule has 0 bridgehead atoms. The maximum absolute atomic E-state index is 12.3.